The van der Waals surface area contributed by atoms with E-state index in [0.29, 0.717) is 35.5 Å². The van der Waals surface area contributed by atoms with Crippen LogP contribution in [0.25, 0.3) is 11.1 Å². The lowest BCUT2D eigenvalue weighted by molar-refractivity contribution is -0.118. The molecule has 0 atom stereocenters. The minimum absolute atomic E-state index is 0.0419. The molecule has 2 aromatic carbocycles. The average molecular weight is 439 g/mol. The summed E-state index contributed by atoms with van der Waals surface area (Å²) in [5.74, 6) is -0.573. The van der Waals surface area contributed by atoms with E-state index in [1.54, 1.807) is 44.4 Å². The van der Waals surface area contributed by atoms with E-state index in [-0.39, 0.29) is 17.4 Å². The molecule has 31 heavy (non-hydrogen) atoms. The molecule has 0 unspecified atom stereocenters. The predicted molar refractivity (Wildman–Crippen MR) is 122 cm³/mol. The largest absolute Gasteiger partial charge is 0.313 e. The van der Waals surface area contributed by atoms with Gasteiger partial charge < -0.3 is 4.90 Å². The first kappa shape index (κ1) is 22.6. The van der Waals surface area contributed by atoms with Crippen LogP contribution in [0, 0.1) is 12.7 Å². The van der Waals surface area contributed by atoms with Crippen LogP contribution in [-0.4, -0.2) is 23.7 Å². The van der Waals surface area contributed by atoms with Crippen LogP contribution in [0.4, 0.5) is 10.1 Å². The number of nitrogens with zero attached hydrogens (tertiary/aromatic N) is 2. The molecule has 0 fully saturated rings. The molecule has 3 aromatic rings. The Balaban J connectivity index is 1.75. The third-order valence-electron chi connectivity index (χ3n) is 5.28. The number of benzene rings is 2. The van der Waals surface area contributed by atoms with Crippen LogP contribution < -0.4 is 4.90 Å². The Bertz CT molecular complexity index is 1110. The molecule has 0 aliphatic heterocycles. The third-order valence-corrected chi connectivity index (χ3v) is 5.50. The number of rotatable bonds is 7. The zero-order chi connectivity index (χ0) is 22.5. The van der Waals surface area contributed by atoms with E-state index in [1.165, 1.54) is 11.0 Å². The van der Waals surface area contributed by atoms with E-state index in [9.17, 15) is 14.0 Å². The molecule has 0 spiro atoms. The summed E-state index contributed by atoms with van der Waals surface area (Å²) in [5, 5.41) is 0.426. The van der Waals surface area contributed by atoms with Crippen molar-refractivity contribution in [2.24, 2.45) is 0 Å². The van der Waals surface area contributed by atoms with Gasteiger partial charge in [0.25, 0.3) is 0 Å². The van der Waals surface area contributed by atoms with Crippen molar-refractivity contribution in [2.45, 2.75) is 33.1 Å². The number of aromatic nitrogens is 1. The van der Waals surface area contributed by atoms with Crippen molar-refractivity contribution in [2.75, 3.05) is 11.9 Å². The van der Waals surface area contributed by atoms with Crippen molar-refractivity contribution in [3.8, 4) is 11.1 Å². The maximum absolute atomic E-state index is 14.6. The molecule has 1 heterocycles. The highest BCUT2D eigenvalue weighted by Gasteiger charge is 2.15. The molecule has 0 aliphatic carbocycles. The Labute approximate surface area is 186 Å². The summed E-state index contributed by atoms with van der Waals surface area (Å²) in [6.07, 6.45) is 2.93. The lowest BCUT2D eigenvalue weighted by Crippen LogP contribution is -2.25. The molecule has 3 rings (SSSR count). The smallest absolute Gasteiger partial charge is 0.226 e. The first-order valence-electron chi connectivity index (χ1n) is 10.1. The number of carbonyl (C=O) groups is 2. The van der Waals surface area contributed by atoms with Crippen LogP contribution in [0.2, 0.25) is 5.15 Å². The van der Waals surface area contributed by atoms with Gasteiger partial charge in [0, 0.05) is 31.6 Å². The second-order valence-electron chi connectivity index (χ2n) is 7.41. The Hall–Kier alpha value is -3.05. The number of amides is 1. The number of ketones is 1. The molecule has 1 aromatic heterocycles. The number of carbonyl (C=O) groups excluding carboxylic acids is 2. The average Bonchev–Trinajstić information content (AvgIpc) is 2.77. The van der Waals surface area contributed by atoms with E-state index < -0.39 is 5.82 Å². The number of anilines is 1. The zero-order valence-corrected chi connectivity index (χ0v) is 18.5. The van der Waals surface area contributed by atoms with Gasteiger partial charge >= 0.3 is 0 Å². The fraction of sp³-hybridized carbons (Fsp3) is 0.240. The van der Waals surface area contributed by atoms with E-state index in [2.05, 4.69) is 4.98 Å². The maximum atomic E-state index is 14.6. The van der Waals surface area contributed by atoms with Gasteiger partial charge in [-0.15, -0.1) is 0 Å². The normalized spacial score (nSPS) is 10.7. The number of hydrogen-bond acceptors (Lipinski definition) is 3. The van der Waals surface area contributed by atoms with Crippen molar-refractivity contribution < 1.29 is 14.0 Å². The van der Waals surface area contributed by atoms with E-state index in [1.807, 2.05) is 25.1 Å². The lowest BCUT2D eigenvalue weighted by atomic mass is 9.95. The summed E-state index contributed by atoms with van der Waals surface area (Å²) in [6.45, 7) is 3.61. The molecule has 0 saturated carbocycles. The van der Waals surface area contributed by atoms with Crippen molar-refractivity contribution in [1.82, 2.24) is 4.98 Å². The summed E-state index contributed by atoms with van der Waals surface area (Å²) in [5.41, 5.74) is 4.18. The monoisotopic (exact) mass is 438 g/mol. The van der Waals surface area contributed by atoms with Crippen molar-refractivity contribution in [3.63, 3.8) is 0 Å². The molecule has 160 valence electrons. The Morgan fingerprint density at radius 1 is 1.06 bits per heavy atom. The first-order valence-corrected chi connectivity index (χ1v) is 10.5. The predicted octanol–water partition coefficient (Wildman–Crippen LogP) is 6.04. The van der Waals surface area contributed by atoms with Gasteiger partial charge in [0.15, 0.2) is 5.78 Å². The molecule has 1 amide bonds. The number of pyridine rings is 1. The quantitative estimate of drug-likeness (QED) is 0.334. The molecule has 0 N–H and O–H groups in total. The van der Waals surface area contributed by atoms with Gasteiger partial charge in [0.1, 0.15) is 11.0 Å². The Morgan fingerprint density at radius 2 is 1.77 bits per heavy atom. The van der Waals surface area contributed by atoms with Crippen LogP contribution in [0.5, 0.6) is 0 Å². The van der Waals surface area contributed by atoms with E-state index in [4.69, 9.17) is 11.6 Å². The summed E-state index contributed by atoms with van der Waals surface area (Å²) in [6, 6.07) is 13.9. The highest BCUT2D eigenvalue weighted by atomic mass is 35.5. The van der Waals surface area contributed by atoms with Gasteiger partial charge in [-0.2, -0.15) is 0 Å². The zero-order valence-electron chi connectivity index (χ0n) is 17.8. The van der Waals surface area contributed by atoms with Gasteiger partial charge in [-0.05, 0) is 53.8 Å². The maximum Gasteiger partial charge on any atom is 0.226 e. The molecule has 0 aliphatic rings. The second kappa shape index (κ2) is 9.84. The number of hydrogen-bond donors (Lipinski definition) is 0. The van der Waals surface area contributed by atoms with Gasteiger partial charge in [0.2, 0.25) is 5.91 Å². The summed E-state index contributed by atoms with van der Waals surface area (Å²) < 4.78 is 14.6. The molecule has 4 nitrogen and oxygen atoms in total. The third kappa shape index (κ3) is 5.36. The Kier molecular flexibility index (Phi) is 7.18. The van der Waals surface area contributed by atoms with Crippen LogP contribution in [-0.2, 0) is 11.2 Å². The fourth-order valence-corrected chi connectivity index (χ4v) is 3.54. The van der Waals surface area contributed by atoms with Crippen LogP contribution in [0.1, 0.15) is 41.3 Å². The standard InChI is InChI=1S/C25H24ClFN2O2/c1-4-25(31)29(3)22-10-8-19(14-21(22)27)18-7-9-20(16(2)13-18)23(30)11-5-17-6-12-24(26)28-15-17/h6-10,12-15H,4-5,11H2,1-3H3. The lowest BCUT2D eigenvalue weighted by Gasteiger charge is -2.18. The fourth-order valence-electron chi connectivity index (χ4n) is 3.43. The van der Waals surface area contributed by atoms with Gasteiger partial charge in [-0.3, -0.25) is 9.59 Å². The SMILES string of the molecule is CCC(=O)N(C)c1ccc(-c2ccc(C(=O)CCc3ccc(Cl)nc3)c(C)c2)cc1F. The molecule has 0 bridgehead atoms. The highest BCUT2D eigenvalue weighted by molar-refractivity contribution is 6.29. The topological polar surface area (TPSA) is 50.3 Å². The van der Waals surface area contributed by atoms with Crippen molar-refractivity contribution >= 4 is 29.0 Å². The van der Waals surface area contributed by atoms with E-state index >= 15 is 0 Å². The molecule has 0 radical (unpaired) electrons. The molecule has 6 heteroatoms. The molecule has 0 saturated heterocycles. The summed E-state index contributed by atoms with van der Waals surface area (Å²) in [7, 11) is 1.56. The van der Waals surface area contributed by atoms with Crippen molar-refractivity contribution in [3.05, 3.63) is 82.4 Å². The van der Waals surface area contributed by atoms with Crippen LogP contribution in [0.3, 0.4) is 0 Å². The molecular weight excluding hydrogens is 415 g/mol. The van der Waals surface area contributed by atoms with Crippen LogP contribution >= 0.6 is 11.6 Å². The van der Waals surface area contributed by atoms with E-state index in [0.717, 1.165) is 16.7 Å². The van der Waals surface area contributed by atoms with Crippen LogP contribution in [0.15, 0.2) is 54.7 Å². The van der Waals surface area contributed by atoms with Crippen molar-refractivity contribution in [1.29, 1.82) is 0 Å². The first-order chi connectivity index (χ1) is 14.8. The van der Waals surface area contributed by atoms with Gasteiger partial charge in [-0.25, -0.2) is 9.37 Å². The molecular formula is C25H24ClFN2O2. The number of aryl methyl sites for hydroxylation is 2. The van der Waals surface area contributed by atoms with Gasteiger partial charge in [-0.1, -0.05) is 48.9 Å². The minimum Gasteiger partial charge on any atom is -0.313 e. The summed E-state index contributed by atoms with van der Waals surface area (Å²) >= 11 is 5.79. The summed E-state index contributed by atoms with van der Waals surface area (Å²) in [4.78, 5) is 29.9. The minimum atomic E-state index is -0.462. The highest BCUT2D eigenvalue weighted by Crippen LogP contribution is 2.28. The Morgan fingerprint density at radius 3 is 2.39 bits per heavy atom. The number of Topliss-reactive ketones (excluding diaryl/α,β-unsaturated/α-hetero) is 1. The second-order valence-corrected chi connectivity index (χ2v) is 7.80. The number of halogens is 2. The van der Waals surface area contributed by atoms with Gasteiger partial charge in [0.05, 0.1) is 5.69 Å².